The predicted molar refractivity (Wildman–Crippen MR) is 118 cm³/mol. The van der Waals surface area contributed by atoms with Gasteiger partial charge in [0.05, 0.1) is 15.6 Å². The van der Waals surface area contributed by atoms with Crippen LogP contribution >= 0.6 is 39.1 Å². The summed E-state index contributed by atoms with van der Waals surface area (Å²) in [5.41, 5.74) is 2.02. The molecule has 0 amide bonds. The third-order valence-corrected chi connectivity index (χ3v) is 5.44. The van der Waals surface area contributed by atoms with Crippen molar-refractivity contribution in [2.75, 3.05) is 5.32 Å². The monoisotopic (exact) mass is 474 g/mol. The summed E-state index contributed by atoms with van der Waals surface area (Å²) < 4.78 is 2.45. The third-order valence-electron chi connectivity index (χ3n) is 4.28. The first-order chi connectivity index (χ1) is 13.4. The van der Waals surface area contributed by atoms with Crippen LogP contribution < -0.4 is 10.9 Å². The van der Waals surface area contributed by atoms with Crippen LogP contribution in [-0.2, 0) is 7.05 Å². The summed E-state index contributed by atoms with van der Waals surface area (Å²) in [4.78, 5) is 21.8. The van der Waals surface area contributed by atoms with E-state index in [4.69, 9.17) is 23.2 Å². The Morgan fingerprint density at radius 2 is 1.75 bits per heavy atom. The van der Waals surface area contributed by atoms with Crippen LogP contribution in [0.4, 0.5) is 11.6 Å². The van der Waals surface area contributed by atoms with Gasteiger partial charge < -0.3 is 5.32 Å². The van der Waals surface area contributed by atoms with Gasteiger partial charge in [0.25, 0.3) is 5.56 Å². The van der Waals surface area contributed by atoms with Gasteiger partial charge >= 0.3 is 0 Å². The van der Waals surface area contributed by atoms with E-state index in [2.05, 4.69) is 31.2 Å². The van der Waals surface area contributed by atoms with Crippen LogP contribution in [0.1, 0.15) is 0 Å². The zero-order valence-corrected chi connectivity index (χ0v) is 17.7. The lowest BCUT2D eigenvalue weighted by atomic mass is 10.1. The third kappa shape index (κ3) is 3.51. The van der Waals surface area contributed by atoms with Gasteiger partial charge in [0.15, 0.2) is 0 Å². The van der Waals surface area contributed by atoms with Crippen LogP contribution in [0.5, 0.6) is 0 Å². The minimum Gasteiger partial charge on any atom is -0.324 e. The van der Waals surface area contributed by atoms with Gasteiger partial charge in [-0.15, -0.1) is 0 Å². The van der Waals surface area contributed by atoms with Crippen molar-refractivity contribution >= 4 is 61.8 Å². The normalized spacial score (nSPS) is 11.0. The van der Waals surface area contributed by atoms with Gasteiger partial charge in [0.1, 0.15) is 5.65 Å². The molecule has 4 rings (SSSR count). The van der Waals surface area contributed by atoms with Crippen LogP contribution in [-0.4, -0.2) is 14.5 Å². The van der Waals surface area contributed by atoms with E-state index < -0.39 is 0 Å². The van der Waals surface area contributed by atoms with Gasteiger partial charge in [-0.2, -0.15) is 4.98 Å². The van der Waals surface area contributed by atoms with Crippen LogP contribution in [0, 0.1) is 0 Å². The average molecular weight is 476 g/mol. The summed E-state index contributed by atoms with van der Waals surface area (Å²) >= 11 is 16.0. The Morgan fingerprint density at radius 1 is 1.07 bits per heavy atom. The maximum atomic E-state index is 13.0. The Balaban J connectivity index is 1.82. The second-order valence-electron chi connectivity index (χ2n) is 6.12. The minimum absolute atomic E-state index is 0.240. The second kappa shape index (κ2) is 7.54. The highest BCUT2D eigenvalue weighted by molar-refractivity contribution is 9.10. The number of nitrogens with one attached hydrogen (secondary N) is 1. The van der Waals surface area contributed by atoms with E-state index >= 15 is 0 Å². The second-order valence-corrected chi connectivity index (χ2v) is 7.85. The van der Waals surface area contributed by atoms with Gasteiger partial charge in [-0.1, -0.05) is 45.2 Å². The molecule has 0 unspecified atom stereocenters. The molecular formula is C20H13BrCl2N4O. The molecule has 0 saturated heterocycles. The van der Waals surface area contributed by atoms with Crippen molar-refractivity contribution in [2.45, 2.75) is 0 Å². The molecule has 140 valence electrons. The fourth-order valence-corrected chi connectivity index (χ4v) is 3.77. The standard InChI is InChI=1S/C20H13BrCl2N4O/c1-27-18-11(9-14(19(27)28)17-15(22)3-2-4-16(17)23)10-24-20(26-18)25-13-7-5-12(21)6-8-13/h2-10H,1H3,(H,24,25,26). The van der Waals surface area contributed by atoms with Gasteiger partial charge in [-0.05, 0) is 42.5 Å². The maximum Gasteiger partial charge on any atom is 0.259 e. The van der Waals surface area contributed by atoms with Crippen LogP contribution in [0.15, 0.2) is 64.0 Å². The molecule has 28 heavy (non-hydrogen) atoms. The first kappa shape index (κ1) is 18.9. The van der Waals surface area contributed by atoms with E-state index in [0.29, 0.717) is 38.2 Å². The smallest absolute Gasteiger partial charge is 0.259 e. The number of anilines is 2. The lowest BCUT2D eigenvalue weighted by molar-refractivity contribution is 0.887. The van der Waals surface area contributed by atoms with E-state index in [0.717, 1.165) is 10.2 Å². The van der Waals surface area contributed by atoms with Crippen LogP contribution in [0.25, 0.3) is 22.2 Å². The predicted octanol–water partition coefficient (Wildman–Crippen LogP) is 5.81. The molecule has 8 heteroatoms. The molecule has 0 aliphatic rings. The number of hydrogen-bond donors (Lipinski definition) is 1. The number of aromatic nitrogens is 3. The number of halogens is 3. The fourth-order valence-electron chi connectivity index (χ4n) is 2.90. The number of nitrogens with zero attached hydrogens (tertiary/aromatic N) is 3. The summed E-state index contributed by atoms with van der Waals surface area (Å²) in [5, 5.41) is 4.67. The first-order valence-electron chi connectivity index (χ1n) is 8.28. The van der Waals surface area contributed by atoms with Crippen LogP contribution in [0.3, 0.4) is 0 Å². The minimum atomic E-state index is -0.240. The Morgan fingerprint density at radius 3 is 2.43 bits per heavy atom. The summed E-state index contributed by atoms with van der Waals surface area (Å²) in [5.74, 6) is 0.397. The molecule has 0 radical (unpaired) electrons. The molecule has 2 aromatic carbocycles. The van der Waals surface area contributed by atoms with E-state index in [9.17, 15) is 4.79 Å². The number of hydrogen-bond acceptors (Lipinski definition) is 4. The summed E-state index contributed by atoms with van der Waals surface area (Å²) in [6.07, 6.45) is 1.66. The lowest BCUT2D eigenvalue weighted by Gasteiger charge is -2.12. The summed E-state index contributed by atoms with van der Waals surface area (Å²) in [6.45, 7) is 0. The molecule has 0 atom stereocenters. The number of benzene rings is 2. The van der Waals surface area contributed by atoms with Crippen molar-refractivity contribution in [1.82, 2.24) is 14.5 Å². The van der Waals surface area contributed by atoms with Crippen LogP contribution in [0.2, 0.25) is 10.0 Å². The van der Waals surface area contributed by atoms with Gasteiger partial charge in [-0.3, -0.25) is 9.36 Å². The summed E-state index contributed by atoms with van der Waals surface area (Å²) in [7, 11) is 1.66. The van der Waals surface area contributed by atoms with Crippen molar-refractivity contribution in [1.29, 1.82) is 0 Å². The highest BCUT2D eigenvalue weighted by atomic mass is 79.9. The molecule has 0 saturated carbocycles. The maximum absolute atomic E-state index is 13.0. The summed E-state index contributed by atoms with van der Waals surface area (Å²) in [6, 6.07) is 14.5. The molecule has 2 aromatic heterocycles. The Kier molecular flexibility index (Phi) is 5.10. The van der Waals surface area contributed by atoms with Gasteiger partial charge in [0.2, 0.25) is 5.95 Å². The molecule has 4 aromatic rings. The van der Waals surface area contributed by atoms with Crippen molar-refractivity contribution in [3.05, 3.63) is 79.6 Å². The van der Waals surface area contributed by atoms with E-state index in [1.54, 1.807) is 37.5 Å². The first-order valence-corrected chi connectivity index (χ1v) is 9.82. The van der Waals surface area contributed by atoms with E-state index in [1.807, 2.05) is 24.3 Å². The van der Waals surface area contributed by atoms with E-state index in [-0.39, 0.29) is 5.56 Å². The number of fused-ring (bicyclic) bond motifs is 1. The largest absolute Gasteiger partial charge is 0.324 e. The Labute approximate surface area is 179 Å². The van der Waals surface area contributed by atoms with Gasteiger partial charge in [-0.25, -0.2) is 4.98 Å². The van der Waals surface area contributed by atoms with E-state index in [1.165, 1.54) is 4.57 Å². The zero-order valence-electron chi connectivity index (χ0n) is 14.6. The van der Waals surface area contributed by atoms with Crippen molar-refractivity contribution < 1.29 is 0 Å². The fraction of sp³-hybridized carbons (Fsp3) is 0.0500. The lowest BCUT2D eigenvalue weighted by Crippen LogP contribution is -2.20. The molecule has 2 heterocycles. The number of rotatable bonds is 3. The van der Waals surface area contributed by atoms with Gasteiger partial charge in [0, 0.05) is 34.4 Å². The number of pyridine rings is 1. The zero-order chi connectivity index (χ0) is 19.8. The highest BCUT2D eigenvalue weighted by Gasteiger charge is 2.16. The van der Waals surface area contributed by atoms with Crippen molar-refractivity contribution in [2.24, 2.45) is 7.05 Å². The molecule has 0 spiro atoms. The average Bonchev–Trinajstić information content (AvgIpc) is 2.68. The topological polar surface area (TPSA) is 59.8 Å². The molecule has 1 N–H and O–H groups in total. The molecule has 0 aliphatic heterocycles. The highest BCUT2D eigenvalue weighted by Crippen LogP contribution is 2.33. The molecule has 0 bridgehead atoms. The van der Waals surface area contributed by atoms with Crippen molar-refractivity contribution in [3.63, 3.8) is 0 Å². The quantitative estimate of drug-likeness (QED) is 0.406. The number of aryl methyl sites for hydroxylation is 1. The van der Waals surface area contributed by atoms with Crippen molar-refractivity contribution in [3.8, 4) is 11.1 Å². The Hall–Kier alpha value is -2.41. The molecule has 5 nitrogen and oxygen atoms in total. The molecular weight excluding hydrogens is 463 g/mol. The SMILES string of the molecule is Cn1c(=O)c(-c2c(Cl)cccc2Cl)cc2cnc(Nc3ccc(Br)cc3)nc21. The molecule has 0 fully saturated rings. The Bertz CT molecular complexity index is 1240. The molecule has 0 aliphatic carbocycles.